The van der Waals surface area contributed by atoms with Crippen molar-refractivity contribution >= 4 is 16.7 Å². The van der Waals surface area contributed by atoms with Crippen molar-refractivity contribution in [2.45, 2.75) is 90.5 Å². The minimum atomic E-state index is -2.40. The topological polar surface area (TPSA) is 34.9 Å². The molecule has 38 heavy (non-hydrogen) atoms. The Morgan fingerprint density at radius 3 is 2.53 bits per heavy atom. The van der Waals surface area contributed by atoms with Crippen molar-refractivity contribution < 1.29 is 18.0 Å². The first-order chi connectivity index (χ1) is 18.5. The number of halogens is 3. The van der Waals surface area contributed by atoms with E-state index in [1.807, 2.05) is 31.2 Å². The van der Waals surface area contributed by atoms with E-state index in [1.165, 1.54) is 0 Å². The summed E-state index contributed by atoms with van der Waals surface area (Å²) in [6, 6.07) is 9.65. The summed E-state index contributed by atoms with van der Waals surface area (Å²) in [6.45, 7) is 3.49. The van der Waals surface area contributed by atoms with Gasteiger partial charge in [0, 0.05) is 42.8 Å². The number of alkyl halides is 3. The van der Waals surface area contributed by atoms with Crippen LogP contribution in [0, 0.1) is 17.8 Å². The highest BCUT2D eigenvalue weighted by Crippen LogP contribution is 2.42. The standard InChI is InChI=1S/C32H37F3N2O/c1-3-5-7-12-27-26-15-13-22(19-31(34)35)17-29(26)37(25-10-8-11-25)32(27)28-16-14-23(21-36-28)18-30(38)24(20-33)9-6-4-2/h13-17,21,24-25,31H,3-6,8-11,18-20H2,1-2H3. The summed E-state index contributed by atoms with van der Waals surface area (Å²) < 4.78 is 42.1. The van der Waals surface area contributed by atoms with Crippen LogP contribution in [0.5, 0.6) is 0 Å². The monoisotopic (exact) mass is 522 g/mol. The molecule has 1 saturated carbocycles. The molecule has 0 amide bonds. The van der Waals surface area contributed by atoms with E-state index in [0.29, 0.717) is 12.0 Å². The van der Waals surface area contributed by atoms with Gasteiger partial charge in [0.05, 0.1) is 29.1 Å². The Balaban J connectivity index is 1.75. The second kappa shape index (κ2) is 13.1. The molecule has 0 radical (unpaired) electrons. The molecule has 3 aromatic rings. The molecule has 0 saturated heterocycles. The van der Waals surface area contributed by atoms with Crippen molar-refractivity contribution in [1.82, 2.24) is 9.55 Å². The van der Waals surface area contributed by atoms with Crippen molar-refractivity contribution in [3.05, 3.63) is 53.2 Å². The van der Waals surface area contributed by atoms with Crippen molar-refractivity contribution in [2.75, 3.05) is 6.67 Å². The van der Waals surface area contributed by atoms with Gasteiger partial charge in [-0.25, -0.2) is 8.78 Å². The Labute approximate surface area is 223 Å². The first-order valence-electron chi connectivity index (χ1n) is 13.9. The molecule has 1 unspecified atom stereocenters. The van der Waals surface area contributed by atoms with Crippen molar-refractivity contribution in [2.24, 2.45) is 5.92 Å². The number of hydrogen-bond donors (Lipinski definition) is 0. The van der Waals surface area contributed by atoms with Gasteiger partial charge in [-0.3, -0.25) is 14.2 Å². The average molecular weight is 523 g/mol. The molecule has 3 nitrogen and oxygen atoms in total. The van der Waals surface area contributed by atoms with E-state index in [-0.39, 0.29) is 24.7 Å². The number of nitrogens with zero attached hydrogens (tertiary/aromatic N) is 2. The number of benzene rings is 1. The van der Waals surface area contributed by atoms with E-state index >= 15 is 0 Å². The van der Waals surface area contributed by atoms with Gasteiger partial charge in [-0.2, -0.15) is 0 Å². The molecule has 2 heterocycles. The fraction of sp³-hybridized carbons (Fsp3) is 0.500. The van der Waals surface area contributed by atoms with E-state index in [2.05, 4.69) is 23.3 Å². The average Bonchev–Trinajstić information content (AvgIpc) is 3.17. The van der Waals surface area contributed by atoms with E-state index in [9.17, 15) is 18.0 Å². The minimum absolute atomic E-state index is 0.0863. The third kappa shape index (κ3) is 6.31. The third-order valence-corrected chi connectivity index (χ3v) is 7.48. The number of unbranched alkanes of at least 4 members (excludes halogenated alkanes) is 2. The molecular weight excluding hydrogens is 485 g/mol. The van der Waals surface area contributed by atoms with Gasteiger partial charge in [0.15, 0.2) is 0 Å². The summed E-state index contributed by atoms with van der Waals surface area (Å²) in [4.78, 5) is 17.4. The van der Waals surface area contributed by atoms with Gasteiger partial charge in [-0.05, 0) is 55.4 Å². The number of carbonyl (C=O) groups is 1. The number of rotatable bonds is 12. The van der Waals surface area contributed by atoms with Crippen molar-refractivity contribution in [3.63, 3.8) is 0 Å². The predicted molar refractivity (Wildman–Crippen MR) is 147 cm³/mol. The van der Waals surface area contributed by atoms with E-state index in [0.717, 1.165) is 78.4 Å². The summed E-state index contributed by atoms with van der Waals surface area (Å²) in [6.07, 6.45) is 6.41. The molecular formula is C32H37F3N2O. The lowest BCUT2D eigenvalue weighted by Gasteiger charge is -2.30. The van der Waals surface area contributed by atoms with Crippen molar-refractivity contribution in [3.8, 4) is 23.2 Å². The lowest BCUT2D eigenvalue weighted by atomic mass is 9.92. The zero-order valence-corrected chi connectivity index (χ0v) is 22.4. The number of ketones is 1. The summed E-state index contributed by atoms with van der Waals surface area (Å²) in [5.74, 6) is 6.00. The highest BCUT2D eigenvalue weighted by atomic mass is 19.3. The highest BCUT2D eigenvalue weighted by Gasteiger charge is 2.28. The maximum atomic E-state index is 13.5. The number of fused-ring (bicyclic) bond motifs is 1. The van der Waals surface area contributed by atoms with Crippen LogP contribution in [0.2, 0.25) is 0 Å². The molecule has 1 aliphatic carbocycles. The summed E-state index contributed by atoms with van der Waals surface area (Å²) in [5, 5.41) is 0.955. The zero-order valence-electron chi connectivity index (χ0n) is 22.4. The van der Waals surface area contributed by atoms with Crippen LogP contribution >= 0.6 is 0 Å². The molecule has 1 aliphatic rings. The van der Waals surface area contributed by atoms with Crippen LogP contribution in [0.3, 0.4) is 0 Å². The SMILES string of the molecule is CCCC#Cc1c(-c2ccc(CC(=O)C(CF)CCCC)cn2)n(C2CCC2)c2cc(CC(F)F)ccc12. The van der Waals surface area contributed by atoms with Crippen LogP contribution in [0.25, 0.3) is 22.3 Å². The van der Waals surface area contributed by atoms with Crippen LogP contribution in [0.1, 0.15) is 87.9 Å². The first-order valence-corrected chi connectivity index (χ1v) is 13.9. The van der Waals surface area contributed by atoms with Crippen LogP contribution in [-0.4, -0.2) is 28.4 Å². The molecule has 2 aromatic heterocycles. The van der Waals surface area contributed by atoms with Crippen LogP contribution in [0.4, 0.5) is 13.2 Å². The van der Waals surface area contributed by atoms with Gasteiger partial charge in [-0.15, -0.1) is 0 Å². The Morgan fingerprint density at radius 1 is 1.13 bits per heavy atom. The molecule has 1 aromatic carbocycles. The smallest absolute Gasteiger partial charge is 0.242 e. The quantitative estimate of drug-likeness (QED) is 0.224. The molecule has 0 spiro atoms. The number of aromatic nitrogens is 2. The zero-order chi connectivity index (χ0) is 27.1. The van der Waals surface area contributed by atoms with E-state index < -0.39 is 19.0 Å². The molecule has 6 heteroatoms. The maximum absolute atomic E-state index is 13.5. The predicted octanol–water partition coefficient (Wildman–Crippen LogP) is 8.28. The Morgan fingerprint density at radius 2 is 1.92 bits per heavy atom. The van der Waals surface area contributed by atoms with Gasteiger partial charge in [0.25, 0.3) is 0 Å². The number of Topliss-reactive ketones (excluding diaryl/α,β-unsaturated/α-hetero) is 1. The fourth-order valence-electron chi connectivity index (χ4n) is 5.13. The maximum Gasteiger partial charge on any atom is 0.242 e. The Bertz CT molecular complexity index is 1300. The van der Waals surface area contributed by atoms with Gasteiger partial charge in [0.1, 0.15) is 5.78 Å². The van der Waals surface area contributed by atoms with Gasteiger partial charge < -0.3 is 4.57 Å². The first kappa shape index (κ1) is 28.0. The normalized spacial score (nSPS) is 14.4. The van der Waals surface area contributed by atoms with Crippen LogP contribution in [0.15, 0.2) is 36.5 Å². The third-order valence-electron chi connectivity index (χ3n) is 7.48. The molecule has 202 valence electrons. The fourth-order valence-corrected chi connectivity index (χ4v) is 5.13. The van der Waals surface area contributed by atoms with Gasteiger partial charge in [0.2, 0.25) is 6.43 Å². The lowest BCUT2D eigenvalue weighted by molar-refractivity contribution is -0.122. The van der Waals surface area contributed by atoms with Crippen LogP contribution < -0.4 is 0 Å². The Kier molecular flexibility index (Phi) is 9.66. The highest BCUT2D eigenvalue weighted by molar-refractivity contribution is 5.95. The molecule has 4 rings (SSSR count). The number of pyridine rings is 1. The molecule has 1 fully saturated rings. The molecule has 0 N–H and O–H groups in total. The number of carbonyl (C=O) groups excluding carboxylic acids is 1. The van der Waals surface area contributed by atoms with E-state index in [1.54, 1.807) is 12.3 Å². The second-order valence-electron chi connectivity index (χ2n) is 10.4. The Hall–Kier alpha value is -3.07. The lowest BCUT2D eigenvalue weighted by Crippen LogP contribution is -2.19. The van der Waals surface area contributed by atoms with Gasteiger partial charge >= 0.3 is 0 Å². The van der Waals surface area contributed by atoms with Crippen LogP contribution in [-0.2, 0) is 17.6 Å². The summed E-state index contributed by atoms with van der Waals surface area (Å²) in [7, 11) is 0. The largest absolute Gasteiger partial charge is 0.335 e. The summed E-state index contributed by atoms with van der Waals surface area (Å²) in [5.41, 5.74) is 4.82. The number of hydrogen-bond acceptors (Lipinski definition) is 2. The van der Waals surface area contributed by atoms with Crippen molar-refractivity contribution in [1.29, 1.82) is 0 Å². The van der Waals surface area contributed by atoms with Gasteiger partial charge in [-0.1, -0.05) is 56.7 Å². The minimum Gasteiger partial charge on any atom is -0.335 e. The molecule has 0 aliphatic heterocycles. The molecule has 1 atom stereocenters. The second-order valence-corrected chi connectivity index (χ2v) is 10.4. The van der Waals surface area contributed by atoms with E-state index in [4.69, 9.17) is 4.98 Å². The molecule has 0 bridgehead atoms. The summed E-state index contributed by atoms with van der Waals surface area (Å²) >= 11 is 0.